The van der Waals surface area contributed by atoms with Gasteiger partial charge in [-0.25, -0.2) is 14.8 Å². The first-order valence-electron chi connectivity index (χ1n) is 14.4. The number of nitrogens with zero attached hydrogens (tertiary/aromatic N) is 5. The Morgan fingerprint density at radius 2 is 1.86 bits per heavy atom. The van der Waals surface area contributed by atoms with E-state index in [4.69, 9.17) is 14.5 Å². The van der Waals surface area contributed by atoms with Gasteiger partial charge in [-0.1, -0.05) is 31.2 Å². The van der Waals surface area contributed by atoms with Crippen molar-refractivity contribution in [2.75, 3.05) is 37.6 Å². The van der Waals surface area contributed by atoms with Crippen LogP contribution in [0.25, 0.3) is 22.3 Å². The fraction of sp³-hybridized carbons (Fsp3) is 0.344. The molecule has 4 aromatic rings. The lowest BCUT2D eigenvalue weighted by Crippen LogP contribution is -2.49. The number of esters is 2. The van der Waals surface area contributed by atoms with E-state index in [1.807, 2.05) is 48.5 Å². The molecule has 10 heteroatoms. The first kappa shape index (κ1) is 26.3. The first-order chi connectivity index (χ1) is 20.5. The molecule has 0 aliphatic carbocycles. The number of cyclic esters (lactones) is 1. The Balaban J connectivity index is 1.12. The minimum absolute atomic E-state index is 0.119. The van der Waals surface area contributed by atoms with Gasteiger partial charge in [-0.05, 0) is 36.8 Å². The van der Waals surface area contributed by atoms with Gasteiger partial charge in [0.15, 0.2) is 0 Å². The average molecular weight is 566 g/mol. The summed E-state index contributed by atoms with van der Waals surface area (Å²) < 4.78 is 13.1. The zero-order valence-electron chi connectivity index (χ0n) is 23.4. The molecule has 0 N–H and O–H groups in total. The first-order valence-corrected chi connectivity index (χ1v) is 14.4. The second-order valence-corrected chi connectivity index (χ2v) is 11.0. The van der Waals surface area contributed by atoms with Crippen molar-refractivity contribution in [1.82, 2.24) is 19.4 Å². The summed E-state index contributed by atoms with van der Waals surface area (Å²) in [4.78, 5) is 54.0. The molecule has 3 aromatic heterocycles. The highest BCUT2D eigenvalue weighted by molar-refractivity contribution is 5.88. The smallest absolute Gasteiger partial charge is 0.355 e. The Bertz CT molecular complexity index is 1760. The number of ether oxygens (including phenoxy) is 2. The summed E-state index contributed by atoms with van der Waals surface area (Å²) in [6.45, 7) is 5.71. The van der Waals surface area contributed by atoms with Crippen LogP contribution in [0.5, 0.6) is 0 Å². The predicted octanol–water partition coefficient (Wildman–Crippen LogP) is 3.24. The lowest BCUT2D eigenvalue weighted by atomic mass is 9.85. The Labute approximate surface area is 242 Å². The third-order valence-corrected chi connectivity index (χ3v) is 8.65. The van der Waals surface area contributed by atoms with Crippen LogP contribution in [0.4, 0.5) is 5.82 Å². The van der Waals surface area contributed by atoms with Gasteiger partial charge in [0.25, 0.3) is 5.56 Å². The molecule has 1 aromatic carbocycles. The lowest BCUT2D eigenvalue weighted by Gasteiger charge is -2.37. The predicted molar refractivity (Wildman–Crippen MR) is 156 cm³/mol. The number of benzene rings is 1. The molecule has 1 saturated heterocycles. The number of hydrogen-bond donors (Lipinski definition) is 0. The SMILES string of the molecule is CCC1(OC(=O)CCN2CCN(c3ccccn3)CC2)C(=O)OCc2c1cc1n(c2=O)Cc2cc3ccccc3nc2-1. The Hall–Kier alpha value is -4.57. The number of carbonyl (C=O) groups excluding carboxylic acids is 2. The van der Waals surface area contributed by atoms with Gasteiger partial charge in [-0.3, -0.25) is 14.5 Å². The van der Waals surface area contributed by atoms with Gasteiger partial charge in [-0.15, -0.1) is 0 Å². The molecule has 3 aliphatic heterocycles. The molecule has 1 unspecified atom stereocenters. The highest BCUT2D eigenvalue weighted by Gasteiger charge is 2.50. The van der Waals surface area contributed by atoms with Gasteiger partial charge in [0, 0.05) is 55.4 Å². The molecule has 0 bridgehead atoms. The Morgan fingerprint density at radius 3 is 2.64 bits per heavy atom. The van der Waals surface area contributed by atoms with E-state index in [-0.39, 0.29) is 25.0 Å². The minimum atomic E-state index is -1.68. The van der Waals surface area contributed by atoms with Crippen LogP contribution in [0.15, 0.2) is 65.6 Å². The number of carbonyl (C=O) groups is 2. The van der Waals surface area contributed by atoms with Crippen LogP contribution in [-0.2, 0) is 37.8 Å². The number of pyridine rings is 3. The molecule has 7 rings (SSSR count). The molecular formula is C32H31N5O5. The quantitative estimate of drug-likeness (QED) is 0.287. The molecule has 214 valence electrons. The van der Waals surface area contributed by atoms with E-state index in [1.54, 1.807) is 23.8 Å². The second-order valence-electron chi connectivity index (χ2n) is 11.0. The summed E-state index contributed by atoms with van der Waals surface area (Å²) in [7, 11) is 0. The largest absolute Gasteiger partial charge is 0.457 e. The van der Waals surface area contributed by atoms with E-state index >= 15 is 0 Å². The van der Waals surface area contributed by atoms with E-state index in [9.17, 15) is 14.4 Å². The van der Waals surface area contributed by atoms with E-state index in [1.165, 1.54) is 0 Å². The normalized spacial score (nSPS) is 19.6. The van der Waals surface area contributed by atoms with Crippen molar-refractivity contribution >= 4 is 28.7 Å². The minimum Gasteiger partial charge on any atom is -0.457 e. The van der Waals surface area contributed by atoms with E-state index in [2.05, 4.69) is 14.8 Å². The van der Waals surface area contributed by atoms with Crippen LogP contribution in [0.3, 0.4) is 0 Å². The number of para-hydroxylation sites is 1. The maximum absolute atomic E-state index is 13.7. The number of fused-ring (bicyclic) bond motifs is 5. The monoisotopic (exact) mass is 565 g/mol. The summed E-state index contributed by atoms with van der Waals surface area (Å²) in [5.41, 5.74) is 1.88. The lowest BCUT2D eigenvalue weighted by molar-refractivity contribution is -0.189. The molecule has 1 fully saturated rings. The van der Waals surface area contributed by atoms with Crippen molar-refractivity contribution in [3.63, 3.8) is 0 Å². The maximum atomic E-state index is 13.7. The van der Waals surface area contributed by atoms with Crippen LogP contribution in [0, 0.1) is 0 Å². The molecule has 3 aliphatic rings. The fourth-order valence-electron chi connectivity index (χ4n) is 6.32. The third kappa shape index (κ3) is 4.34. The zero-order chi connectivity index (χ0) is 28.8. The van der Waals surface area contributed by atoms with Crippen LogP contribution < -0.4 is 10.5 Å². The summed E-state index contributed by atoms with van der Waals surface area (Å²) in [6, 6.07) is 17.5. The summed E-state index contributed by atoms with van der Waals surface area (Å²) in [5.74, 6) is -0.202. The fourth-order valence-corrected chi connectivity index (χ4v) is 6.32. The number of anilines is 1. The topological polar surface area (TPSA) is 107 Å². The molecule has 1 atom stereocenters. The molecule has 0 radical (unpaired) electrons. The number of piperazine rings is 1. The van der Waals surface area contributed by atoms with Crippen LogP contribution >= 0.6 is 0 Å². The number of aromatic nitrogens is 3. The van der Waals surface area contributed by atoms with Crippen molar-refractivity contribution in [3.8, 4) is 11.4 Å². The standard InChI is InChI=1S/C32H31N5O5/c1-2-32(42-28(38)10-12-35-13-15-36(16-14-35)27-9-5-6-11-33-27)24-18-26-29-22(17-21-7-3-4-8-25(21)34-29)19-37(26)30(39)23(24)20-41-31(32)40/h3-9,11,17-18H,2,10,12-16,19-20H2,1H3. The Kier molecular flexibility index (Phi) is 6.50. The summed E-state index contributed by atoms with van der Waals surface area (Å²) in [5, 5.41) is 0.996. The molecule has 10 nitrogen and oxygen atoms in total. The van der Waals surface area contributed by atoms with Crippen LogP contribution in [0.1, 0.15) is 36.5 Å². The second kappa shape index (κ2) is 10.4. The van der Waals surface area contributed by atoms with Crippen molar-refractivity contribution in [2.45, 2.75) is 38.5 Å². The third-order valence-electron chi connectivity index (χ3n) is 8.65. The molecule has 42 heavy (non-hydrogen) atoms. The van der Waals surface area contributed by atoms with Crippen molar-refractivity contribution < 1.29 is 19.1 Å². The van der Waals surface area contributed by atoms with Gasteiger partial charge < -0.3 is 18.9 Å². The van der Waals surface area contributed by atoms with Crippen LogP contribution in [0.2, 0.25) is 0 Å². The summed E-state index contributed by atoms with van der Waals surface area (Å²) in [6.07, 6.45) is 2.05. The number of rotatable bonds is 6. The maximum Gasteiger partial charge on any atom is 0.355 e. The van der Waals surface area contributed by atoms with Gasteiger partial charge in [0.05, 0.1) is 35.4 Å². The van der Waals surface area contributed by atoms with Crippen LogP contribution in [-0.4, -0.2) is 64.1 Å². The molecule has 0 spiro atoms. The van der Waals surface area contributed by atoms with Gasteiger partial charge in [0.1, 0.15) is 12.4 Å². The van der Waals surface area contributed by atoms with E-state index < -0.39 is 17.5 Å². The van der Waals surface area contributed by atoms with Crippen molar-refractivity contribution in [3.05, 3.63) is 87.8 Å². The van der Waals surface area contributed by atoms with E-state index in [0.29, 0.717) is 35.6 Å². The molecule has 6 heterocycles. The summed E-state index contributed by atoms with van der Waals surface area (Å²) >= 11 is 0. The highest BCUT2D eigenvalue weighted by atomic mass is 16.6. The van der Waals surface area contributed by atoms with Crippen molar-refractivity contribution in [1.29, 1.82) is 0 Å². The molecular weight excluding hydrogens is 534 g/mol. The molecule has 0 amide bonds. The van der Waals surface area contributed by atoms with Gasteiger partial charge >= 0.3 is 11.9 Å². The van der Waals surface area contributed by atoms with Gasteiger partial charge in [0.2, 0.25) is 5.60 Å². The highest BCUT2D eigenvalue weighted by Crippen LogP contribution is 2.41. The zero-order valence-corrected chi connectivity index (χ0v) is 23.4. The van der Waals surface area contributed by atoms with Gasteiger partial charge in [-0.2, -0.15) is 0 Å². The average Bonchev–Trinajstić information content (AvgIpc) is 3.39. The number of hydrogen-bond acceptors (Lipinski definition) is 9. The molecule has 0 saturated carbocycles. The van der Waals surface area contributed by atoms with E-state index in [0.717, 1.165) is 48.5 Å². The Morgan fingerprint density at radius 1 is 1.05 bits per heavy atom. The van der Waals surface area contributed by atoms with Crippen molar-refractivity contribution in [2.24, 2.45) is 0 Å².